The molecular weight excluding hydrogens is 314 g/mol. The van der Waals surface area contributed by atoms with Gasteiger partial charge in [0.25, 0.3) is 5.91 Å². The van der Waals surface area contributed by atoms with Crippen molar-refractivity contribution in [1.82, 2.24) is 4.90 Å². The van der Waals surface area contributed by atoms with Crippen LogP contribution in [0.2, 0.25) is 0 Å². The summed E-state index contributed by atoms with van der Waals surface area (Å²) < 4.78 is 0.619. The third-order valence-electron chi connectivity index (χ3n) is 3.18. The molecule has 6 heteroatoms. The van der Waals surface area contributed by atoms with Crippen molar-refractivity contribution in [3.05, 3.63) is 33.8 Å². The number of nitrogens with zero attached hydrogens (tertiary/aromatic N) is 1. The monoisotopic (exact) mass is 327 g/mol. The second kappa shape index (κ2) is 5.30. The summed E-state index contributed by atoms with van der Waals surface area (Å²) in [5.41, 5.74) is 1.33. The van der Waals surface area contributed by atoms with Crippen LogP contribution in [-0.4, -0.2) is 45.7 Å². The van der Waals surface area contributed by atoms with Crippen molar-refractivity contribution in [2.24, 2.45) is 0 Å². The number of carbonyl (C=O) groups excluding carboxylic acids is 1. The Kier molecular flexibility index (Phi) is 3.91. The van der Waals surface area contributed by atoms with Crippen LogP contribution in [0.1, 0.15) is 22.3 Å². The zero-order valence-electron chi connectivity index (χ0n) is 10.3. The number of carboxylic acid groups (broad SMARTS) is 1. The number of likely N-dealkylation sites (tertiary alicyclic amines) is 1. The molecule has 2 rings (SSSR count). The summed E-state index contributed by atoms with van der Waals surface area (Å²) in [7, 11) is 0. The van der Waals surface area contributed by atoms with Crippen LogP contribution in [0.25, 0.3) is 0 Å². The molecule has 1 heterocycles. The zero-order chi connectivity index (χ0) is 14.2. The van der Waals surface area contributed by atoms with E-state index in [0.717, 1.165) is 5.56 Å². The van der Waals surface area contributed by atoms with Crippen molar-refractivity contribution in [2.45, 2.75) is 25.5 Å². The number of aliphatic hydroxyl groups excluding tert-OH is 1. The summed E-state index contributed by atoms with van der Waals surface area (Å²) in [4.78, 5) is 24.7. The van der Waals surface area contributed by atoms with Gasteiger partial charge < -0.3 is 15.1 Å². The van der Waals surface area contributed by atoms with Crippen molar-refractivity contribution < 1.29 is 19.8 Å². The van der Waals surface area contributed by atoms with Gasteiger partial charge in [-0.2, -0.15) is 0 Å². The molecule has 1 amide bonds. The SMILES string of the molecule is Cc1ccc(Br)c(C(=O)N2CC(O)C[C@H]2C(=O)O)c1. The summed E-state index contributed by atoms with van der Waals surface area (Å²) in [6.07, 6.45) is -0.710. The molecule has 2 N–H and O–H groups in total. The Morgan fingerprint density at radius 1 is 1.42 bits per heavy atom. The average Bonchev–Trinajstić information content (AvgIpc) is 2.74. The lowest BCUT2D eigenvalue weighted by atomic mass is 10.1. The smallest absolute Gasteiger partial charge is 0.326 e. The Morgan fingerprint density at radius 3 is 2.74 bits per heavy atom. The first-order chi connectivity index (χ1) is 8.90. The maximum absolute atomic E-state index is 12.4. The zero-order valence-corrected chi connectivity index (χ0v) is 11.9. The van der Waals surface area contributed by atoms with Gasteiger partial charge in [-0.3, -0.25) is 4.79 Å². The quantitative estimate of drug-likeness (QED) is 0.861. The van der Waals surface area contributed by atoms with Crippen LogP contribution in [0.15, 0.2) is 22.7 Å². The van der Waals surface area contributed by atoms with Crippen LogP contribution >= 0.6 is 15.9 Å². The van der Waals surface area contributed by atoms with Crippen molar-refractivity contribution in [1.29, 1.82) is 0 Å². The molecule has 1 aliphatic heterocycles. The highest BCUT2D eigenvalue weighted by molar-refractivity contribution is 9.10. The predicted molar refractivity (Wildman–Crippen MR) is 72.0 cm³/mol. The molecule has 19 heavy (non-hydrogen) atoms. The summed E-state index contributed by atoms with van der Waals surface area (Å²) in [6, 6.07) is 4.35. The van der Waals surface area contributed by atoms with Crippen molar-refractivity contribution in [3.63, 3.8) is 0 Å². The second-order valence-electron chi connectivity index (χ2n) is 4.68. The molecule has 1 fully saturated rings. The third kappa shape index (κ3) is 2.79. The van der Waals surface area contributed by atoms with E-state index < -0.39 is 18.1 Å². The highest BCUT2D eigenvalue weighted by Gasteiger charge is 2.39. The van der Waals surface area contributed by atoms with Crippen LogP contribution in [0, 0.1) is 6.92 Å². The van der Waals surface area contributed by atoms with Gasteiger partial charge in [0.1, 0.15) is 6.04 Å². The minimum Gasteiger partial charge on any atom is -0.480 e. The summed E-state index contributed by atoms with van der Waals surface area (Å²) >= 11 is 3.29. The normalized spacial score (nSPS) is 22.6. The lowest BCUT2D eigenvalue weighted by Crippen LogP contribution is -2.40. The van der Waals surface area contributed by atoms with E-state index in [2.05, 4.69) is 15.9 Å². The van der Waals surface area contributed by atoms with Gasteiger partial charge in [-0.1, -0.05) is 11.6 Å². The van der Waals surface area contributed by atoms with E-state index >= 15 is 0 Å². The van der Waals surface area contributed by atoms with E-state index in [-0.39, 0.29) is 18.9 Å². The molecule has 1 aliphatic rings. The Hall–Kier alpha value is -1.40. The van der Waals surface area contributed by atoms with Crippen molar-refractivity contribution >= 4 is 27.8 Å². The summed E-state index contributed by atoms with van der Waals surface area (Å²) in [5, 5.41) is 18.7. The molecule has 1 saturated heterocycles. The highest BCUT2D eigenvalue weighted by Crippen LogP contribution is 2.25. The molecular formula is C13H14BrNO4. The van der Waals surface area contributed by atoms with Gasteiger partial charge in [0.15, 0.2) is 0 Å². The van der Waals surface area contributed by atoms with Crippen LogP contribution in [0.4, 0.5) is 0 Å². The van der Waals surface area contributed by atoms with E-state index in [0.29, 0.717) is 10.0 Å². The Balaban J connectivity index is 2.33. The number of β-amino-alcohol motifs (C(OH)–C–C–N with tert-alkyl or cyclic N) is 1. The molecule has 0 spiro atoms. The Bertz CT molecular complexity index is 531. The predicted octanol–water partition coefficient (Wildman–Crippen LogP) is 1.42. The van der Waals surface area contributed by atoms with Gasteiger partial charge in [-0.05, 0) is 35.0 Å². The lowest BCUT2D eigenvalue weighted by molar-refractivity contribution is -0.141. The van der Waals surface area contributed by atoms with Crippen LogP contribution < -0.4 is 0 Å². The lowest BCUT2D eigenvalue weighted by Gasteiger charge is -2.22. The fraction of sp³-hybridized carbons (Fsp3) is 0.385. The molecule has 102 valence electrons. The van der Waals surface area contributed by atoms with E-state index in [1.807, 2.05) is 13.0 Å². The molecule has 1 aromatic rings. The van der Waals surface area contributed by atoms with E-state index in [1.165, 1.54) is 4.90 Å². The number of aliphatic carboxylic acids is 1. The fourth-order valence-corrected chi connectivity index (χ4v) is 2.65. The number of hydrogen-bond donors (Lipinski definition) is 2. The number of rotatable bonds is 2. The molecule has 0 saturated carbocycles. The summed E-state index contributed by atoms with van der Waals surface area (Å²) in [6.45, 7) is 1.91. The molecule has 0 aromatic heterocycles. The second-order valence-corrected chi connectivity index (χ2v) is 5.54. The molecule has 5 nitrogen and oxygen atoms in total. The molecule has 1 unspecified atom stereocenters. The van der Waals surface area contributed by atoms with Gasteiger partial charge in [0, 0.05) is 17.4 Å². The number of carboxylic acids is 1. The Labute approximate surface area is 119 Å². The van der Waals surface area contributed by atoms with Crippen molar-refractivity contribution in [3.8, 4) is 0 Å². The number of aryl methyl sites for hydroxylation is 1. The van der Waals surface area contributed by atoms with E-state index in [1.54, 1.807) is 12.1 Å². The van der Waals surface area contributed by atoms with Gasteiger partial charge in [0.2, 0.25) is 0 Å². The molecule has 0 radical (unpaired) electrons. The number of amides is 1. The minimum absolute atomic E-state index is 0.0518. The number of hydrogen-bond acceptors (Lipinski definition) is 3. The van der Waals surface area contributed by atoms with Crippen LogP contribution in [0.3, 0.4) is 0 Å². The molecule has 0 aliphatic carbocycles. The molecule has 2 atom stereocenters. The summed E-state index contributed by atoms with van der Waals surface area (Å²) in [5.74, 6) is -1.46. The number of carbonyl (C=O) groups is 2. The van der Waals surface area contributed by atoms with Crippen molar-refractivity contribution in [2.75, 3.05) is 6.54 Å². The topological polar surface area (TPSA) is 77.8 Å². The maximum atomic E-state index is 12.4. The average molecular weight is 328 g/mol. The Morgan fingerprint density at radius 2 is 2.11 bits per heavy atom. The molecule has 0 bridgehead atoms. The third-order valence-corrected chi connectivity index (χ3v) is 3.87. The highest BCUT2D eigenvalue weighted by atomic mass is 79.9. The van der Waals surface area contributed by atoms with Gasteiger partial charge >= 0.3 is 5.97 Å². The van der Waals surface area contributed by atoms with Crippen LogP contribution in [-0.2, 0) is 4.79 Å². The number of benzene rings is 1. The first-order valence-electron chi connectivity index (χ1n) is 5.88. The van der Waals surface area contributed by atoms with Gasteiger partial charge in [0.05, 0.1) is 11.7 Å². The molecule has 1 aromatic carbocycles. The fourth-order valence-electron chi connectivity index (χ4n) is 2.23. The number of aliphatic hydroxyl groups is 1. The van der Waals surface area contributed by atoms with E-state index in [4.69, 9.17) is 5.11 Å². The first-order valence-corrected chi connectivity index (χ1v) is 6.67. The van der Waals surface area contributed by atoms with E-state index in [9.17, 15) is 14.7 Å². The minimum atomic E-state index is -1.09. The first kappa shape index (κ1) is 14.0. The van der Waals surface area contributed by atoms with Gasteiger partial charge in [-0.15, -0.1) is 0 Å². The van der Waals surface area contributed by atoms with Crippen LogP contribution in [0.5, 0.6) is 0 Å². The van der Waals surface area contributed by atoms with Gasteiger partial charge in [-0.25, -0.2) is 4.79 Å². The maximum Gasteiger partial charge on any atom is 0.326 e. The largest absolute Gasteiger partial charge is 0.480 e. The number of halogens is 1. The standard InChI is InChI=1S/C13H14BrNO4/c1-7-2-3-10(14)9(4-7)12(17)15-6-8(16)5-11(15)13(18)19/h2-4,8,11,16H,5-6H2,1H3,(H,18,19)/t8?,11-/m0/s1.